The highest BCUT2D eigenvalue weighted by Crippen LogP contribution is 2.14. The van der Waals surface area contributed by atoms with Crippen molar-refractivity contribution in [1.82, 2.24) is 14.2 Å². The molecule has 1 aromatic heterocycles. The zero-order valence-corrected chi connectivity index (χ0v) is 14.3. The average Bonchev–Trinajstić information content (AvgIpc) is 2.88. The summed E-state index contributed by atoms with van der Waals surface area (Å²) in [6, 6.07) is 1.51. The highest BCUT2D eigenvalue weighted by atomic mass is 32.2. The van der Waals surface area contributed by atoms with Gasteiger partial charge in [-0.3, -0.25) is 0 Å². The maximum Gasteiger partial charge on any atom is 0.242 e. The third-order valence-corrected chi connectivity index (χ3v) is 5.16. The molecule has 1 atom stereocenters. The number of likely N-dealkylation sites (N-methyl/N-ethyl adjacent to an activating group) is 1. The van der Waals surface area contributed by atoms with Crippen LogP contribution in [-0.2, 0) is 23.1 Å². The SMILES string of the molecule is CCN(CC)CC(C)NS(=O)(=O)c1cc(CN)n(CC)c1. The van der Waals surface area contributed by atoms with Gasteiger partial charge in [0.15, 0.2) is 0 Å². The minimum atomic E-state index is -3.50. The number of hydrogen-bond donors (Lipinski definition) is 2. The van der Waals surface area contributed by atoms with Gasteiger partial charge in [-0.2, -0.15) is 0 Å². The molecule has 1 heterocycles. The molecule has 1 aromatic rings. The van der Waals surface area contributed by atoms with E-state index in [1.807, 2.05) is 18.4 Å². The maximum atomic E-state index is 12.4. The van der Waals surface area contributed by atoms with Crippen molar-refractivity contribution in [3.05, 3.63) is 18.0 Å². The molecule has 0 spiro atoms. The van der Waals surface area contributed by atoms with E-state index in [-0.39, 0.29) is 10.9 Å². The zero-order valence-electron chi connectivity index (χ0n) is 13.5. The van der Waals surface area contributed by atoms with E-state index >= 15 is 0 Å². The molecular weight excluding hydrogens is 288 g/mol. The Bertz CT molecular complexity index is 514. The second kappa shape index (κ2) is 7.93. The monoisotopic (exact) mass is 316 g/mol. The number of nitrogens with zero attached hydrogens (tertiary/aromatic N) is 2. The van der Waals surface area contributed by atoms with Gasteiger partial charge in [0.05, 0.1) is 4.90 Å². The van der Waals surface area contributed by atoms with Crippen LogP contribution in [0.15, 0.2) is 17.2 Å². The Labute approximate surface area is 128 Å². The van der Waals surface area contributed by atoms with Gasteiger partial charge >= 0.3 is 0 Å². The largest absolute Gasteiger partial charge is 0.349 e. The van der Waals surface area contributed by atoms with E-state index in [2.05, 4.69) is 23.5 Å². The maximum absolute atomic E-state index is 12.4. The number of nitrogens with one attached hydrogen (secondary N) is 1. The van der Waals surface area contributed by atoms with Crippen LogP contribution in [0, 0.1) is 0 Å². The first kappa shape index (κ1) is 18.2. The zero-order chi connectivity index (χ0) is 16.0. The van der Waals surface area contributed by atoms with E-state index in [1.54, 1.807) is 12.3 Å². The molecule has 7 heteroatoms. The average molecular weight is 316 g/mol. The van der Waals surface area contributed by atoms with Crippen molar-refractivity contribution in [3.8, 4) is 0 Å². The smallest absolute Gasteiger partial charge is 0.242 e. The molecule has 0 saturated carbocycles. The van der Waals surface area contributed by atoms with Crippen molar-refractivity contribution >= 4 is 10.0 Å². The van der Waals surface area contributed by atoms with Gasteiger partial charge < -0.3 is 15.2 Å². The third-order valence-electron chi connectivity index (χ3n) is 3.60. The number of hydrogen-bond acceptors (Lipinski definition) is 4. The number of aryl methyl sites for hydroxylation is 1. The molecule has 21 heavy (non-hydrogen) atoms. The van der Waals surface area contributed by atoms with Gasteiger partial charge in [-0.15, -0.1) is 0 Å². The van der Waals surface area contributed by atoms with Crippen molar-refractivity contribution in [3.63, 3.8) is 0 Å². The summed E-state index contributed by atoms with van der Waals surface area (Å²) in [6.07, 6.45) is 1.65. The van der Waals surface area contributed by atoms with Gasteiger partial charge in [-0.1, -0.05) is 13.8 Å². The second-order valence-electron chi connectivity index (χ2n) is 5.17. The highest BCUT2D eigenvalue weighted by molar-refractivity contribution is 7.89. The molecule has 0 bridgehead atoms. The van der Waals surface area contributed by atoms with Crippen LogP contribution in [-0.4, -0.2) is 43.6 Å². The minimum absolute atomic E-state index is 0.138. The molecule has 122 valence electrons. The molecule has 0 amide bonds. The summed E-state index contributed by atoms with van der Waals surface area (Å²) in [5, 5.41) is 0. The first-order valence-electron chi connectivity index (χ1n) is 7.51. The Morgan fingerprint density at radius 3 is 2.38 bits per heavy atom. The molecule has 0 radical (unpaired) electrons. The summed E-state index contributed by atoms with van der Waals surface area (Å²) in [4.78, 5) is 2.48. The molecule has 0 aliphatic heterocycles. The van der Waals surface area contributed by atoms with Crippen molar-refractivity contribution in [1.29, 1.82) is 0 Å². The molecule has 1 rings (SSSR count). The van der Waals surface area contributed by atoms with E-state index in [9.17, 15) is 8.42 Å². The lowest BCUT2D eigenvalue weighted by Gasteiger charge is -2.23. The first-order chi connectivity index (χ1) is 9.87. The van der Waals surface area contributed by atoms with E-state index < -0.39 is 10.0 Å². The fourth-order valence-electron chi connectivity index (χ4n) is 2.38. The van der Waals surface area contributed by atoms with Crippen LogP contribution >= 0.6 is 0 Å². The first-order valence-corrected chi connectivity index (χ1v) is 8.99. The predicted molar refractivity (Wildman–Crippen MR) is 85.6 cm³/mol. The Kier molecular flexibility index (Phi) is 6.86. The van der Waals surface area contributed by atoms with Crippen molar-refractivity contribution < 1.29 is 8.42 Å². The van der Waals surface area contributed by atoms with Crippen LogP contribution in [0.1, 0.15) is 33.4 Å². The van der Waals surface area contributed by atoms with Crippen LogP contribution in [0.3, 0.4) is 0 Å². The molecule has 0 fully saturated rings. The molecular formula is C14H28N4O2S. The third kappa shape index (κ3) is 4.81. The summed E-state index contributed by atoms with van der Waals surface area (Å²) in [7, 11) is -3.50. The highest BCUT2D eigenvalue weighted by Gasteiger charge is 2.21. The van der Waals surface area contributed by atoms with E-state index in [1.165, 1.54) is 0 Å². The van der Waals surface area contributed by atoms with E-state index in [4.69, 9.17) is 5.73 Å². The van der Waals surface area contributed by atoms with Gasteiger partial charge in [0.1, 0.15) is 0 Å². The Hall–Kier alpha value is -0.890. The van der Waals surface area contributed by atoms with Crippen molar-refractivity contribution in [2.24, 2.45) is 5.73 Å². The molecule has 0 aromatic carbocycles. The predicted octanol–water partition coefficient (Wildman–Crippen LogP) is 0.975. The van der Waals surface area contributed by atoms with Gasteiger partial charge in [0, 0.05) is 37.6 Å². The van der Waals surface area contributed by atoms with Crippen LogP contribution in [0.4, 0.5) is 0 Å². The standard InChI is InChI=1S/C14H28N4O2S/c1-5-17(6-2)10-12(4)16-21(19,20)14-8-13(9-15)18(7-3)11-14/h8,11-12,16H,5-7,9-10,15H2,1-4H3. The fourth-order valence-corrected chi connectivity index (χ4v) is 3.68. The van der Waals surface area contributed by atoms with Crippen molar-refractivity contribution in [2.75, 3.05) is 19.6 Å². The minimum Gasteiger partial charge on any atom is -0.349 e. The Morgan fingerprint density at radius 1 is 1.33 bits per heavy atom. The topological polar surface area (TPSA) is 80.4 Å². The van der Waals surface area contributed by atoms with Gasteiger partial charge in [-0.05, 0) is 33.0 Å². The molecule has 0 aliphatic rings. The van der Waals surface area contributed by atoms with Gasteiger partial charge in [0.2, 0.25) is 10.0 Å². The van der Waals surface area contributed by atoms with Crippen molar-refractivity contribution in [2.45, 2.75) is 51.7 Å². The summed E-state index contributed by atoms with van der Waals surface area (Å²) < 4.78 is 29.4. The summed E-state index contributed by atoms with van der Waals surface area (Å²) in [5.74, 6) is 0. The van der Waals surface area contributed by atoms with Crippen LogP contribution in [0.25, 0.3) is 0 Å². The van der Waals surface area contributed by atoms with Crippen LogP contribution in [0.2, 0.25) is 0 Å². The number of nitrogens with two attached hydrogens (primary N) is 1. The van der Waals surface area contributed by atoms with Gasteiger partial charge in [-0.25, -0.2) is 13.1 Å². The second-order valence-corrected chi connectivity index (χ2v) is 6.88. The number of rotatable bonds is 9. The normalized spacial score (nSPS) is 13.8. The van der Waals surface area contributed by atoms with Crippen LogP contribution in [0.5, 0.6) is 0 Å². The lowest BCUT2D eigenvalue weighted by molar-refractivity contribution is 0.282. The quantitative estimate of drug-likeness (QED) is 0.711. The molecule has 0 aliphatic carbocycles. The Morgan fingerprint density at radius 2 is 1.95 bits per heavy atom. The van der Waals surface area contributed by atoms with Crippen LogP contribution < -0.4 is 10.5 Å². The summed E-state index contributed by atoms with van der Waals surface area (Å²) in [6.45, 7) is 11.5. The molecule has 6 nitrogen and oxygen atoms in total. The van der Waals surface area contributed by atoms with E-state index in [0.717, 1.165) is 18.8 Å². The van der Waals surface area contributed by atoms with Gasteiger partial charge in [0.25, 0.3) is 0 Å². The lowest BCUT2D eigenvalue weighted by atomic mass is 10.3. The lowest BCUT2D eigenvalue weighted by Crippen LogP contribution is -2.41. The van der Waals surface area contributed by atoms with E-state index in [0.29, 0.717) is 19.6 Å². The Balaban J connectivity index is 2.83. The molecule has 3 N–H and O–H groups in total. The molecule has 0 saturated heterocycles. The number of aromatic nitrogens is 1. The number of sulfonamides is 1. The fraction of sp³-hybridized carbons (Fsp3) is 0.714. The summed E-state index contributed by atoms with van der Waals surface area (Å²) in [5.41, 5.74) is 6.47. The molecule has 1 unspecified atom stereocenters. The summed E-state index contributed by atoms with van der Waals surface area (Å²) >= 11 is 0.